The number of hydrogen-bond donors (Lipinski definition) is 1. The topological polar surface area (TPSA) is 75.2 Å². The zero-order valence-electron chi connectivity index (χ0n) is 14.5. The number of anilines is 1. The number of nitrogens with one attached hydrogen (secondary N) is 1. The smallest absolute Gasteiger partial charge is 0.265 e. The lowest BCUT2D eigenvalue weighted by Crippen LogP contribution is -2.43. The van der Waals surface area contributed by atoms with Crippen molar-refractivity contribution in [1.29, 1.82) is 0 Å². The van der Waals surface area contributed by atoms with Crippen molar-refractivity contribution in [2.75, 3.05) is 18.4 Å². The van der Waals surface area contributed by atoms with Crippen LogP contribution in [0.15, 0.2) is 46.9 Å². The molecule has 0 saturated carbocycles. The maximum absolute atomic E-state index is 12.7. The van der Waals surface area contributed by atoms with Crippen LogP contribution in [0.3, 0.4) is 0 Å². The summed E-state index contributed by atoms with van der Waals surface area (Å²) in [6, 6.07) is 7.67. The van der Waals surface area contributed by atoms with E-state index in [4.69, 9.17) is 0 Å². The molecule has 4 rings (SSSR count). The summed E-state index contributed by atoms with van der Waals surface area (Å²) in [5, 5.41) is 4.96. The Bertz CT molecular complexity index is 908. The molecular formula is C19H18N4O2S2. The monoisotopic (exact) mass is 398 g/mol. The largest absolute Gasteiger partial charge is 0.337 e. The van der Waals surface area contributed by atoms with Crippen LogP contribution in [0.5, 0.6) is 0 Å². The van der Waals surface area contributed by atoms with Crippen molar-refractivity contribution < 1.29 is 9.59 Å². The molecule has 1 atom stereocenters. The summed E-state index contributed by atoms with van der Waals surface area (Å²) in [6.45, 7) is 1.13. The van der Waals surface area contributed by atoms with Gasteiger partial charge >= 0.3 is 0 Å². The van der Waals surface area contributed by atoms with Crippen LogP contribution in [-0.4, -0.2) is 39.8 Å². The summed E-state index contributed by atoms with van der Waals surface area (Å²) in [4.78, 5) is 35.8. The highest BCUT2D eigenvalue weighted by Crippen LogP contribution is 2.24. The van der Waals surface area contributed by atoms with Crippen molar-refractivity contribution in [1.82, 2.24) is 14.9 Å². The van der Waals surface area contributed by atoms with E-state index in [0.717, 1.165) is 29.8 Å². The Labute approximate surface area is 164 Å². The van der Waals surface area contributed by atoms with E-state index < -0.39 is 0 Å². The molecule has 0 aliphatic carbocycles. The summed E-state index contributed by atoms with van der Waals surface area (Å²) in [6.07, 6.45) is 3.20. The van der Waals surface area contributed by atoms with Crippen molar-refractivity contribution >= 4 is 40.2 Å². The van der Waals surface area contributed by atoms with Crippen molar-refractivity contribution in [3.05, 3.63) is 51.7 Å². The molecule has 1 unspecified atom stereocenters. The zero-order valence-corrected chi connectivity index (χ0v) is 16.1. The van der Waals surface area contributed by atoms with Crippen LogP contribution in [0.25, 0.3) is 11.3 Å². The van der Waals surface area contributed by atoms with Crippen molar-refractivity contribution in [2.24, 2.45) is 5.92 Å². The molecule has 2 aromatic heterocycles. The SMILES string of the molecule is O=C(Nc1ccc(-c2cscn2)cc1)C1CCCN(C(=O)c2cncs2)C1. The second-order valence-electron chi connectivity index (χ2n) is 6.40. The molecule has 0 bridgehead atoms. The molecule has 3 heterocycles. The Hall–Kier alpha value is -2.58. The number of aromatic nitrogens is 2. The van der Waals surface area contributed by atoms with E-state index in [1.54, 1.807) is 33.5 Å². The Morgan fingerprint density at radius 1 is 1.19 bits per heavy atom. The minimum Gasteiger partial charge on any atom is -0.337 e. The molecule has 1 fully saturated rings. The second kappa shape index (κ2) is 7.98. The molecule has 0 spiro atoms. The molecule has 1 saturated heterocycles. The number of carbonyl (C=O) groups is 2. The fourth-order valence-electron chi connectivity index (χ4n) is 3.18. The van der Waals surface area contributed by atoms with Gasteiger partial charge in [0.25, 0.3) is 5.91 Å². The molecule has 1 N–H and O–H groups in total. The minimum atomic E-state index is -0.200. The Morgan fingerprint density at radius 2 is 2.04 bits per heavy atom. The molecular weight excluding hydrogens is 380 g/mol. The zero-order chi connectivity index (χ0) is 18.6. The number of carbonyl (C=O) groups excluding carboxylic acids is 2. The lowest BCUT2D eigenvalue weighted by Gasteiger charge is -2.31. The Balaban J connectivity index is 1.38. The number of hydrogen-bond acceptors (Lipinski definition) is 6. The molecule has 3 aromatic rings. The molecule has 1 aliphatic heterocycles. The highest BCUT2D eigenvalue weighted by Gasteiger charge is 2.29. The van der Waals surface area contributed by atoms with Gasteiger partial charge in [0.15, 0.2) is 0 Å². The van der Waals surface area contributed by atoms with Crippen molar-refractivity contribution in [2.45, 2.75) is 12.8 Å². The Morgan fingerprint density at radius 3 is 2.74 bits per heavy atom. The van der Waals surface area contributed by atoms with Crippen LogP contribution >= 0.6 is 22.7 Å². The van der Waals surface area contributed by atoms with Gasteiger partial charge in [-0.05, 0) is 25.0 Å². The number of nitrogens with zero attached hydrogens (tertiary/aromatic N) is 3. The van der Waals surface area contributed by atoms with E-state index in [1.807, 2.05) is 29.6 Å². The highest BCUT2D eigenvalue weighted by atomic mass is 32.1. The first-order chi connectivity index (χ1) is 13.2. The van der Waals surface area contributed by atoms with Crippen molar-refractivity contribution in [3.63, 3.8) is 0 Å². The maximum atomic E-state index is 12.7. The molecule has 2 amide bonds. The number of benzene rings is 1. The summed E-state index contributed by atoms with van der Waals surface area (Å²) < 4.78 is 0. The van der Waals surface area contributed by atoms with E-state index in [-0.39, 0.29) is 17.7 Å². The van der Waals surface area contributed by atoms with Gasteiger partial charge in [0.1, 0.15) is 4.88 Å². The third-order valence-corrected chi connectivity index (χ3v) is 5.95. The predicted octanol–water partition coefficient (Wildman–Crippen LogP) is 3.76. The van der Waals surface area contributed by atoms with Crippen LogP contribution in [0.1, 0.15) is 22.5 Å². The van der Waals surface area contributed by atoms with Gasteiger partial charge in [-0.15, -0.1) is 22.7 Å². The average Bonchev–Trinajstić information content (AvgIpc) is 3.42. The van der Waals surface area contributed by atoms with Gasteiger partial charge in [0.2, 0.25) is 5.91 Å². The van der Waals surface area contributed by atoms with Crippen molar-refractivity contribution in [3.8, 4) is 11.3 Å². The van der Waals surface area contributed by atoms with Gasteiger partial charge < -0.3 is 10.2 Å². The average molecular weight is 399 g/mol. The molecule has 138 valence electrons. The first-order valence-corrected chi connectivity index (χ1v) is 10.5. The number of likely N-dealkylation sites (tertiary alicyclic amines) is 1. The van der Waals surface area contributed by atoms with E-state index >= 15 is 0 Å². The minimum absolute atomic E-state index is 0.0392. The third-order valence-electron chi connectivity index (χ3n) is 4.60. The summed E-state index contributed by atoms with van der Waals surface area (Å²) in [7, 11) is 0. The lowest BCUT2D eigenvalue weighted by molar-refractivity contribution is -0.121. The third kappa shape index (κ3) is 4.06. The lowest BCUT2D eigenvalue weighted by atomic mass is 9.97. The van der Waals surface area contributed by atoms with E-state index in [1.165, 1.54) is 11.3 Å². The second-order valence-corrected chi connectivity index (χ2v) is 8.00. The number of thiazole rings is 2. The van der Waals surface area contributed by atoms with Crippen LogP contribution in [0, 0.1) is 5.92 Å². The van der Waals surface area contributed by atoms with Gasteiger partial charge in [0, 0.05) is 29.7 Å². The fraction of sp³-hybridized carbons (Fsp3) is 0.263. The number of piperidine rings is 1. The maximum Gasteiger partial charge on any atom is 0.265 e. The van der Waals surface area contributed by atoms with Gasteiger partial charge in [-0.2, -0.15) is 0 Å². The molecule has 6 nitrogen and oxygen atoms in total. The quantitative estimate of drug-likeness (QED) is 0.726. The normalized spacial score (nSPS) is 16.9. The van der Waals surface area contributed by atoms with Gasteiger partial charge in [0.05, 0.1) is 28.8 Å². The fourth-order valence-corrected chi connectivity index (χ4v) is 4.32. The highest BCUT2D eigenvalue weighted by molar-refractivity contribution is 7.11. The van der Waals surface area contributed by atoms with Crippen LogP contribution in [0.2, 0.25) is 0 Å². The molecule has 8 heteroatoms. The van der Waals surface area contributed by atoms with Crippen LogP contribution < -0.4 is 5.32 Å². The van der Waals surface area contributed by atoms with E-state index in [0.29, 0.717) is 18.0 Å². The Kier molecular flexibility index (Phi) is 5.26. The van der Waals surface area contributed by atoms with Gasteiger partial charge in [-0.1, -0.05) is 12.1 Å². The molecule has 27 heavy (non-hydrogen) atoms. The van der Waals surface area contributed by atoms with E-state index in [9.17, 15) is 9.59 Å². The first kappa shape index (κ1) is 17.8. The first-order valence-electron chi connectivity index (χ1n) is 8.68. The van der Waals surface area contributed by atoms with Crippen LogP contribution in [-0.2, 0) is 4.79 Å². The molecule has 0 radical (unpaired) electrons. The van der Waals surface area contributed by atoms with Gasteiger partial charge in [-0.25, -0.2) is 4.98 Å². The van der Waals surface area contributed by atoms with Gasteiger partial charge in [-0.3, -0.25) is 14.6 Å². The number of amides is 2. The van der Waals surface area contributed by atoms with Crippen LogP contribution in [0.4, 0.5) is 5.69 Å². The molecule has 1 aliphatic rings. The summed E-state index contributed by atoms with van der Waals surface area (Å²) in [5.41, 5.74) is 6.16. The number of rotatable bonds is 4. The summed E-state index contributed by atoms with van der Waals surface area (Å²) >= 11 is 2.88. The van der Waals surface area contributed by atoms with E-state index in [2.05, 4.69) is 15.3 Å². The standard InChI is InChI=1S/C19H18N4O2S2/c24-18(22-15-5-3-13(4-6-15)16-10-26-12-21-16)14-2-1-7-23(9-14)19(25)17-8-20-11-27-17/h3-6,8,10-12,14H,1-2,7,9H2,(H,22,24). The summed E-state index contributed by atoms with van der Waals surface area (Å²) in [5.74, 6) is -0.283. The predicted molar refractivity (Wildman–Crippen MR) is 107 cm³/mol. The molecule has 1 aromatic carbocycles.